The Balaban J connectivity index is 1.47. The van der Waals surface area contributed by atoms with E-state index in [1.54, 1.807) is 10.6 Å². The number of ether oxygens (including phenoxy) is 1. The molecule has 0 N–H and O–H groups in total. The predicted molar refractivity (Wildman–Crippen MR) is 103 cm³/mol. The lowest BCUT2D eigenvalue weighted by atomic mass is 10.0. The summed E-state index contributed by atoms with van der Waals surface area (Å²) in [5.74, 6) is 0. The van der Waals surface area contributed by atoms with Gasteiger partial charge >= 0.3 is 6.03 Å². The van der Waals surface area contributed by atoms with Crippen molar-refractivity contribution in [3.05, 3.63) is 69.6 Å². The molecule has 6 nitrogen and oxygen atoms in total. The molecule has 0 bridgehead atoms. The lowest BCUT2D eigenvalue weighted by molar-refractivity contribution is 0.0421. The number of fused-ring (bicyclic) bond motifs is 1. The van der Waals surface area contributed by atoms with Crippen LogP contribution >= 0.6 is 0 Å². The Hall–Kier alpha value is -2.60. The summed E-state index contributed by atoms with van der Waals surface area (Å²) in [6.07, 6.45) is 3.50. The molecule has 2 amide bonds. The van der Waals surface area contributed by atoms with Gasteiger partial charge in [-0.25, -0.2) is 4.79 Å². The fourth-order valence-corrected chi connectivity index (χ4v) is 3.76. The van der Waals surface area contributed by atoms with Crippen molar-refractivity contribution < 1.29 is 9.53 Å². The Labute approximate surface area is 159 Å². The molecule has 0 unspecified atom stereocenters. The van der Waals surface area contributed by atoms with Gasteiger partial charge in [-0.05, 0) is 29.5 Å². The summed E-state index contributed by atoms with van der Waals surface area (Å²) in [6.45, 7) is 4.39. The molecule has 0 saturated carbocycles. The van der Waals surface area contributed by atoms with Crippen molar-refractivity contribution in [2.24, 2.45) is 0 Å². The Morgan fingerprint density at radius 2 is 1.78 bits per heavy atom. The maximum Gasteiger partial charge on any atom is 0.320 e. The first-order chi connectivity index (χ1) is 13.2. The van der Waals surface area contributed by atoms with Gasteiger partial charge in [0, 0.05) is 45.0 Å². The zero-order valence-corrected chi connectivity index (χ0v) is 15.5. The van der Waals surface area contributed by atoms with Gasteiger partial charge in [0.25, 0.3) is 5.56 Å². The number of amides is 2. The number of hydrogen-bond donors (Lipinski definition) is 0. The van der Waals surface area contributed by atoms with Crippen LogP contribution in [-0.2, 0) is 30.7 Å². The SMILES string of the molecule is O=C(N1CCOCC1)N1CCc2cc(=O)n(CCc3ccccc3)cc2C1. The highest BCUT2D eigenvalue weighted by molar-refractivity contribution is 5.75. The minimum atomic E-state index is 0.0395. The van der Waals surface area contributed by atoms with Crippen molar-refractivity contribution in [3.8, 4) is 0 Å². The van der Waals surface area contributed by atoms with Gasteiger partial charge in [-0.15, -0.1) is 0 Å². The molecule has 2 aliphatic heterocycles. The lowest BCUT2D eigenvalue weighted by Gasteiger charge is -2.35. The van der Waals surface area contributed by atoms with E-state index in [-0.39, 0.29) is 11.6 Å². The highest BCUT2D eigenvalue weighted by Gasteiger charge is 2.26. The number of hydrogen-bond acceptors (Lipinski definition) is 3. The molecule has 4 rings (SSSR count). The third-order valence-corrected chi connectivity index (χ3v) is 5.35. The van der Waals surface area contributed by atoms with E-state index in [2.05, 4.69) is 12.1 Å². The molecular formula is C21H25N3O3. The molecule has 142 valence electrons. The summed E-state index contributed by atoms with van der Waals surface area (Å²) in [4.78, 5) is 28.9. The van der Waals surface area contributed by atoms with Gasteiger partial charge in [-0.3, -0.25) is 4.79 Å². The summed E-state index contributed by atoms with van der Waals surface area (Å²) >= 11 is 0. The zero-order valence-electron chi connectivity index (χ0n) is 15.5. The van der Waals surface area contributed by atoms with E-state index in [0.717, 1.165) is 24.0 Å². The normalized spacial score (nSPS) is 16.9. The lowest BCUT2D eigenvalue weighted by Crippen LogP contribution is -2.49. The van der Waals surface area contributed by atoms with Crippen LogP contribution in [0.15, 0.2) is 47.4 Å². The first-order valence-electron chi connectivity index (χ1n) is 9.58. The van der Waals surface area contributed by atoms with E-state index in [1.807, 2.05) is 34.2 Å². The number of nitrogens with zero attached hydrogens (tertiary/aromatic N) is 3. The largest absolute Gasteiger partial charge is 0.378 e. The Morgan fingerprint density at radius 3 is 2.56 bits per heavy atom. The van der Waals surface area contributed by atoms with Crippen LogP contribution in [0, 0.1) is 0 Å². The number of carbonyl (C=O) groups is 1. The van der Waals surface area contributed by atoms with Crippen molar-refractivity contribution >= 4 is 6.03 Å². The summed E-state index contributed by atoms with van der Waals surface area (Å²) < 4.78 is 7.11. The number of carbonyl (C=O) groups excluding carboxylic acids is 1. The van der Waals surface area contributed by atoms with E-state index in [1.165, 1.54) is 5.56 Å². The number of rotatable bonds is 3. The molecule has 27 heavy (non-hydrogen) atoms. The number of morpholine rings is 1. The molecule has 0 aliphatic carbocycles. The standard InChI is InChI=1S/C21H25N3O3/c25-20-14-18-7-9-24(21(26)22-10-12-27-13-11-22)16-19(18)15-23(20)8-6-17-4-2-1-3-5-17/h1-5,14-15H,6-13,16H2. The van der Waals surface area contributed by atoms with Gasteiger partial charge in [-0.2, -0.15) is 0 Å². The minimum Gasteiger partial charge on any atom is -0.378 e. The molecule has 6 heteroatoms. The second kappa shape index (κ2) is 7.96. The average Bonchev–Trinajstić information content (AvgIpc) is 2.73. The van der Waals surface area contributed by atoms with E-state index in [0.29, 0.717) is 45.9 Å². The first kappa shape index (κ1) is 17.8. The smallest absolute Gasteiger partial charge is 0.320 e. The molecule has 2 aromatic rings. The summed E-state index contributed by atoms with van der Waals surface area (Å²) in [7, 11) is 0. The highest BCUT2D eigenvalue weighted by atomic mass is 16.5. The Kier molecular flexibility index (Phi) is 5.25. The number of aryl methyl sites for hydroxylation is 2. The highest BCUT2D eigenvalue weighted by Crippen LogP contribution is 2.19. The maximum atomic E-state index is 12.8. The molecule has 2 aliphatic rings. The predicted octanol–water partition coefficient (Wildman–Crippen LogP) is 1.90. The number of pyridine rings is 1. The minimum absolute atomic E-state index is 0.0395. The molecular weight excluding hydrogens is 342 g/mol. The van der Waals surface area contributed by atoms with Crippen LogP contribution in [0.4, 0.5) is 4.79 Å². The van der Waals surface area contributed by atoms with Crippen LogP contribution in [0.2, 0.25) is 0 Å². The summed E-state index contributed by atoms with van der Waals surface area (Å²) in [6, 6.07) is 12.0. The average molecular weight is 367 g/mol. The van der Waals surface area contributed by atoms with Crippen LogP contribution in [0.5, 0.6) is 0 Å². The zero-order chi connectivity index (χ0) is 18.6. The molecule has 1 fully saturated rings. The third kappa shape index (κ3) is 4.06. The molecule has 0 atom stereocenters. The van der Waals surface area contributed by atoms with Crippen LogP contribution in [-0.4, -0.2) is 53.2 Å². The van der Waals surface area contributed by atoms with Crippen LogP contribution in [0.25, 0.3) is 0 Å². The van der Waals surface area contributed by atoms with Gasteiger partial charge in [0.1, 0.15) is 0 Å². The molecule has 0 spiro atoms. The molecule has 1 saturated heterocycles. The van der Waals surface area contributed by atoms with Crippen molar-refractivity contribution in [2.45, 2.75) is 25.9 Å². The second-order valence-electron chi connectivity index (χ2n) is 7.14. The van der Waals surface area contributed by atoms with E-state index < -0.39 is 0 Å². The van der Waals surface area contributed by atoms with Gasteiger partial charge in [-0.1, -0.05) is 30.3 Å². The number of aromatic nitrogens is 1. The second-order valence-corrected chi connectivity index (χ2v) is 7.14. The van der Waals surface area contributed by atoms with Gasteiger partial charge in [0.2, 0.25) is 0 Å². The quantitative estimate of drug-likeness (QED) is 0.833. The van der Waals surface area contributed by atoms with Gasteiger partial charge in [0.05, 0.1) is 13.2 Å². The topological polar surface area (TPSA) is 54.8 Å². The number of urea groups is 1. The van der Waals surface area contributed by atoms with Crippen molar-refractivity contribution in [1.82, 2.24) is 14.4 Å². The molecule has 1 aromatic carbocycles. The Bertz CT molecular complexity index is 857. The summed E-state index contributed by atoms with van der Waals surface area (Å²) in [5.41, 5.74) is 3.40. The fourth-order valence-electron chi connectivity index (χ4n) is 3.76. The van der Waals surface area contributed by atoms with Crippen molar-refractivity contribution in [2.75, 3.05) is 32.8 Å². The molecule has 1 aromatic heterocycles. The van der Waals surface area contributed by atoms with E-state index in [9.17, 15) is 9.59 Å². The van der Waals surface area contributed by atoms with E-state index in [4.69, 9.17) is 4.74 Å². The Morgan fingerprint density at radius 1 is 1.00 bits per heavy atom. The molecule has 0 radical (unpaired) electrons. The van der Waals surface area contributed by atoms with Gasteiger partial charge in [0.15, 0.2) is 0 Å². The van der Waals surface area contributed by atoms with Crippen LogP contribution in [0.3, 0.4) is 0 Å². The third-order valence-electron chi connectivity index (χ3n) is 5.35. The van der Waals surface area contributed by atoms with Crippen LogP contribution in [0.1, 0.15) is 16.7 Å². The first-order valence-corrected chi connectivity index (χ1v) is 9.58. The summed E-state index contributed by atoms with van der Waals surface area (Å²) in [5, 5.41) is 0. The monoisotopic (exact) mass is 367 g/mol. The van der Waals surface area contributed by atoms with Crippen molar-refractivity contribution in [3.63, 3.8) is 0 Å². The van der Waals surface area contributed by atoms with E-state index >= 15 is 0 Å². The molecule has 3 heterocycles. The number of benzene rings is 1. The fraction of sp³-hybridized carbons (Fsp3) is 0.429. The van der Waals surface area contributed by atoms with Crippen molar-refractivity contribution in [1.29, 1.82) is 0 Å². The van der Waals surface area contributed by atoms with Crippen LogP contribution < -0.4 is 5.56 Å². The maximum absolute atomic E-state index is 12.8. The van der Waals surface area contributed by atoms with Gasteiger partial charge < -0.3 is 19.1 Å².